The minimum Gasteiger partial charge on any atom is -0.397 e. The average molecular weight is 232 g/mol. The number of nitrogens with zero attached hydrogens (tertiary/aromatic N) is 1. The van der Waals surface area contributed by atoms with Crippen LogP contribution in [0.5, 0.6) is 0 Å². The lowest BCUT2D eigenvalue weighted by molar-refractivity contribution is 0.598. The molecule has 1 aliphatic rings. The molecule has 0 fully saturated rings. The summed E-state index contributed by atoms with van der Waals surface area (Å²) in [6.45, 7) is 0. The number of nitrogens with one attached hydrogen (secondary N) is 1. The van der Waals surface area contributed by atoms with Crippen LogP contribution in [0.3, 0.4) is 0 Å². The van der Waals surface area contributed by atoms with Crippen molar-refractivity contribution in [2.45, 2.75) is 4.90 Å². The molecule has 1 aliphatic heterocycles. The van der Waals surface area contributed by atoms with Gasteiger partial charge in [-0.2, -0.15) is 8.42 Å². The van der Waals surface area contributed by atoms with Gasteiger partial charge in [-0.05, 0) is 12.1 Å². The zero-order valence-corrected chi connectivity index (χ0v) is 8.43. The zero-order valence-electron chi connectivity index (χ0n) is 6.86. The van der Waals surface area contributed by atoms with E-state index in [1.54, 1.807) is 0 Å². The highest BCUT2D eigenvalue weighted by molar-refractivity contribution is 7.90. The van der Waals surface area contributed by atoms with Crippen LogP contribution in [0.15, 0.2) is 21.4 Å². The van der Waals surface area contributed by atoms with E-state index in [9.17, 15) is 8.42 Å². The largest absolute Gasteiger partial charge is 0.397 e. The fourth-order valence-electron chi connectivity index (χ4n) is 1.12. The van der Waals surface area contributed by atoms with Crippen LogP contribution >= 0.6 is 11.6 Å². The second kappa shape index (κ2) is 2.86. The molecule has 2 rings (SSSR count). The van der Waals surface area contributed by atoms with Gasteiger partial charge in [-0.25, -0.2) is 0 Å². The third-order valence-electron chi connectivity index (χ3n) is 1.79. The Morgan fingerprint density at radius 2 is 2.14 bits per heavy atom. The van der Waals surface area contributed by atoms with Crippen LogP contribution in [-0.2, 0) is 10.0 Å². The Morgan fingerprint density at radius 1 is 1.43 bits per heavy atom. The Morgan fingerprint density at radius 3 is 2.86 bits per heavy atom. The van der Waals surface area contributed by atoms with Crippen molar-refractivity contribution in [3.05, 3.63) is 17.2 Å². The monoisotopic (exact) mass is 231 g/mol. The van der Waals surface area contributed by atoms with Gasteiger partial charge in [0, 0.05) is 0 Å². The van der Waals surface area contributed by atoms with E-state index in [1.165, 1.54) is 12.1 Å². The quantitative estimate of drug-likeness (QED) is 0.654. The molecule has 1 aromatic carbocycles. The predicted molar refractivity (Wildman–Crippen MR) is 55.2 cm³/mol. The zero-order chi connectivity index (χ0) is 10.3. The molecule has 0 unspecified atom stereocenters. The van der Waals surface area contributed by atoms with Crippen LogP contribution < -0.4 is 11.1 Å². The van der Waals surface area contributed by atoms with E-state index in [4.69, 9.17) is 17.3 Å². The molecule has 0 aliphatic carbocycles. The summed E-state index contributed by atoms with van der Waals surface area (Å²) in [7, 11) is -3.61. The summed E-state index contributed by atoms with van der Waals surface area (Å²) in [5, 5.41) is 2.98. The van der Waals surface area contributed by atoms with Gasteiger partial charge in [-0.15, -0.1) is 4.40 Å². The molecule has 3 N–H and O–H groups in total. The minimum atomic E-state index is -3.61. The Labute approximate surface area is 85.6 Å². The Kier molecular flexibility index (Phi) is 1.90. The van der Waals surface area contributed by atoms with Crippen LogP contribution in [0.1, 0.15) is 0 Å². The van der Waals surface area contributed by atoms with Crippen molar-refractivity contribution in [1.29, 1.82) is 0 Å². The normalized spacial score (nSPS) is 17.2. The average Bonchev–Trinajstić information content (AvgIpc) is 2.08. The van der Waals surface area contributed by atoms with Gasteiger partial charge in [0.1, 0.15) is 11.2 Å². The van der Waals surface area contributed by atoms with Crippen LogP contribution in [0.25, 0.3) is 0 Å². The molecular formula is C7H6ClN3O2S. The molecule has 1 heterocycles. The highest BCUT2D eigenvalue weighted by Gasteiger charge is 2.21. The first-order valence-electron chi connectivity index (χ1n) is 3.65. The standard InChI is InChI=1S/C7H6ClN3O2S/c8-4-1-6-7(2-5(4)9)14(12,13)11-3-10-6/h1-3H,9H2,(H,10,11). The maximum atomic E-state index is 11.4. The number of hydrogen-bond donors (Lipinski definition) is 2. The second-order valence-corrected chi connectivity index (χ2v) is 4.73. The minimum absolute atomic E-state index is 0.0434. The number of nitrogen functional groups attached to an aromatic ring is 1. The molecule has 0 aromatic heterocycles. The molecule has 0 saturated carbocycles. The summed E-state index contributed by atoms with van der Waals surface area (Å²) < 4.78 is 26.1. The van der Waals surface area contributed by atoms with Crippen molar-refractivity contribution >= 4 is 39.3 Å². The van der Waals surface area contributed by atoms with Gasteiger partial charge in [-0.3, -0.25) is 0 Å². The smallest absolute Gasteiger partial charge is 0.285 e. The summed E-state index contributed by atoms with van der Waals surface area (Å²) in [6.07, 6.45) is 1.10. The molecule has 0 atom stereocenters. The maximum absolute atomic E-state index is 11.4. The van der Waals surface area contributed by atoms with E-state index in [-0.39, 0.29) is 10.6 Å². The van der Waals surface area contributed by atoms with E-state index in [0.717, 1.165) is 6.34 Å². The van der Waals surface area contributed by atoms with Crippen LogP contribution in [0.4, 0.5) is 11.4 Å². The lowest BCUT2D eigenvalue weighted by Crippen LogP contribution is -2.11. The van der Waals surface area contributed by atoms with E-state index < -0.39 is 10.0 Å². The number of fused-ring (bicyclic) bond motifs is 1. The number of nitrogens with two attached hydrogens (primary N) is 1. The molecule has 0 spiro atoms. The molecule has 7 heteroatoms. The first kappa shape index (κ1) is 9.29. The van der Waals surface area contributed by atoms with Crippen molar-refractivity contribution in [2.24, 2.45) is 4.40 Å². The van der Waals surface area contributed by atoms with Gasteiger partial charge >= 0.3 is 0 Å². The second-order valence-electron chi connectivity index (χ2n) is 2.72. The van der Waals surface area contributed by atoms with Crippen molar-refractivity contribution < 1.29 is 8.42 Å². The van der Waals surface area contributed by atoms with Gasteiger partial charge in [-0.1, -0.05) is 11.6 Å². The van der Waals surface area contributed by atoms with E-state index >= 15 is 0 Å². The van der Waals surface area contributed by atoms with Gasteiger partial charge in [0.2, 0.25) is 0 Å². The summed E-state index contributed by atoms with van der Waals surface area (Å²) in [6, 6.07) is 2.74. The fraction of sp³-hybridized carbons (Fsp3) is 0. The van der Waals surface area contributed by atoms with Crippen LogP contribution in [0, 0.1) is 0 Å². The first-order valence-corrected chi connectivity index (χ1v) is 5.47. The fourth-order valence-corrected chi connectivity index (χ4v) is 2.26. The van der Waals surface area contributed by atoms with Crippen LogP contribution in [0.2, 0.25) is 5.02 Å². The molecular weight excluding hydrogens is 226 g/mol. The summed E-state index contributed by atoms with van der Waals surface area (Å²) in [5.74, 6) is 0. The van der Waals surface area contributed by atoms with E-state index in [2.05, 4.69) is 9.71 Å². The lowest BCUT2D eigenvalue weighted by Gasteiger charge is -2.13. The van der Waals surface area contributed by atoms with Gasteiger partial charge in [0.15, 0.2) is 0 Å². The number of rotatable bonds is 0. The third kappa shape index (κ3) is 1.32. The molecule has 5 nitrogen and oxygen atoms in total. The lowest BCUT2D eigenvalue weighted by atomic mass is 10.3. The van der Waals surface area contributed by atoms with Gasteiger partial charge in [0.05, 0.1) is 16.4 Å². The van der Waals surface area contributed by atoms with Crippen molar-refractivity contribution in [3.63, 3.8) is 0 Å². The summed E-state index contributed by atoms with van der Waals surface area (Å²) in [4.78, 5) is 0.0434. The molecule has 74 valence electrons. The summed E-state index contributed by atoms with van der Waals surface area (Å²) >= 11 is 5.73. The molecule has 1 aromatic rings. The maximum Gasteiger partial charge on any atom is 0.285 e. The van der Waals surface area contributed by atoms with Crippen molar-refractivity contribution in [1.82, 2.24) is 0 Å². The third-order valence-corrected chi connectivity index (χ3v) is 3.39. The molecule has 0 radical (unpaired) electrons. The Hall–Kier alpha value is -1.27. The molecule has 0 bridgehead atoms. The number of sulfonamides is 1. The highest BCUT2D eigenvalue weighted by Crippen LogP contribution is 2.32. The SMILES string of the molecule is Nc1cc2c(cc1Cl)NC=NS2(=O)=O. The number of halogens is 1. The van der Waals surface area contributed by atoms with Gasteiger partial charge < -0.3 is 11.1 Å². The topological polar surface area (TPSA) is 84.5 Å². The van der Waals surface area contributed by atoms with Crippen LogP contribution in [-0.4, -0.2) is 14.8 Å². The van der Waals surface area contributed by atoms with Crippen molar-refractivity contribution in [3.8, 4) is 0 Å². The molecule has 0 saturated heterocycles. The predicted octanol–water partition coefficient (Wildman–Crippen LogP) is 1.06. The highest BCUT2D eigenvalue weighted by atomic mass is 35.5. The number of anilines is 2. The number of benzene rings is 1. The van der Waals surface area contributed by atoms with Crippen molar-refractivity contribution in [2.75, 3.05) is 11.1 Å². The summed E-state index contributed by atoms with van der Waals surface area (Å²) in [5.41, 5.74) is 6.09. The molecule has 0 amide bonds. The molecule has 14 heavy (non-hydrogen) atoms. The Balaban J connectivity index is 2.76. The first-order chi connectivity index (χ1) is 6.50. The van der Waals surface area contributed by atoms with Gasteiger partial charge in [0.25, 0.3) is 10.0 Å². The van der Waals surface area contributed by atoms with E-state index in [0.29, 0.717) is 10.7 Å². The Bertz CT molecular complexity index is 524. The number of hydrogen-bond acceptors (Lipinski definition) is 4. The van der Waals surface area contributed by atoms with E-state index in [1.807, 2.05) is 0 Å².